The molecular weight excluding hydrogens is 1750 g/mol. The molecule has 26 heteroatoms. The maximum Gasteiger partial charge on any atom is 0.219 e. The fraction of sp³-hybridized carbons (Fsp3) is 0.402. The predicted octanol–water partition coefficient (Wildman–Crippen LogP) is 12.4. The summed E-state index contributed by atoms with van der Waals surface area (Å²) in [7, 11) is 0. The number of ether oxygens (including phenoxy) is 6. The van der Waals surface area contributed by atoms with E-state index in [1.165, 1.54) is 97.1 Å². The molecule has 7 unspecified atom stereocenters. The van der Waals surface area contributed by atoms with Gasteiger partial charge in [0, 0.05) is 86.6 Å². The Bertz CT molecular complexity index is 5290. The molecule has 4 saturated carbocycles. The van der Waals surface area contributed by atoms with E-state index in [0.29, 0.717) is 42.9 Å². The van der Waals surface area contributed by atoms with Gasteiger partial charge in [0.15, 0.2) is 0 Å². The molecule has 7 fully saturated rings. The summed E-state index contributed by atoms with van der Waals surface area (Å²) in [6.45, 7) is 26.4. The Morgan fingerprint density at radius 1 is 0.376 bits per heavy atom. The molecule has 0 spiro atoms. The summed E-state index contributed by atoms with van der Waals surface area (Å²) >= 11 is -5.58. The molecule has 9 N–H and O–H groups in total. The maximum absolute atomic E-state index is 11.8. The largest absolute Gasteiger partial charge is 1.00 e. The van der Waals surface area contributed by atoms with Crippen LogP contribution in [0.5, 0.6) is 69.0 Å². The first-order chi connectivity index (χ1) is 63.4. The van der Waals surface area contributed by atoms with Crippen LogP contribution in [-0.2, 0) is 41.3 Å². The average molecular weight is 1870 g/mol. The second-order valence-electron chi connectivity index (χ2n) is 37.8. The number of phenols is 6. The van der Waals surface area contributed by atoms with Crippen LogP contribution in [0, 0.1) is 33.5 Å². The van der Waals surface area contributed by atoms with E-state index in [9.17, 15) is 67.3 Å². The second-order valence-corrected chi connectivity index (χ2v) is 39.4. The topological polar surface area (TPSA) is 339 Å². The standard InChI is InChI=1S/3C29H31NO4.2C10H14O4S.ClH/c3*1-20-26-14-11-24(32)19-27(26)34-29(28(20)21-5-9-23(31)10-6-21)22-7-12-25(13-8-22)33-18-17-30-15-3-2-4-16-30;2*1-9(2)6-3-4-10(9,7(11)5-6)8(12)15(13)14;/h3*5-14,19,29,31-32H,2-4,15-18H2,1H3;2*6H,3-5H2,1-2H3,(H,13,14);1H/t2*29-;;;;/m00..../s1. The molecule has 9 atom stereocenters. The lowest BCUT2D eigenvalue weighted by Crippen LogP contribution is -3.13. The van der Waals surface area contributed by atoms with E-state index >= 15 is 0 Å². The van der Waals surface area contributed by atoms with Crippen LogP contribution >= 0.6 is 0 Å². The third kappa shape index (κ3) is 21.2. The number of carbonyl (C=O) groups is 4. The van der Waals surface area contributed by atoms with Gasteiger partial charge < -0.3 is 95.3 Å². The minimum atomic E-state index is -2.79. The van der Waals surface area contributed by atoms with Crippen LogP contribution in [0.2, 0.25) is 0 Å². The van der Waals surface area contributed by atoms with Crippen molar-refractivity contribution in [1.29, 1.82) is 0 Å². The molecule has 9 aromatic rings. The summed E-state index contributed by atoms with van der Waals surface area (Å²) in [5, 5.41) is 57.6. The van der Waals surface area contributed by atoms with E-state index in [2.05, 4.69) is 57.2 Å². The zero-order chi connectivity index (χ0) is 93.3. The van der Waals surface area contributed by atoms with Gasteiger partial charge in [0.25, 0.3) is 0 Å². The number of allylic oxidation sites excluding steroid dienone is 3. The quantitative estimate of drug-likeness (QED) is 0.0253. The monoisotopic (exact) mass is 1870 g/mol. The number of halogens is 1. The van der Waals surface area contributed by atoms with E-state index < -0.39 is 54.1 Å². The normalized spacial score (nSPS) is 22.9. The third-order valence-electron chi connectivity index (χ3n) is 29.6. The number of phenolic OH excluding ortho intramolecular Hbond substituents is 6. The molecule has 0 aromatic heterocycles. The summed E-state index contributed by atoms with van der Waals surface area (Å²) in [4.78, 5) is 52.0. The second kappa shape index (κ2) is 42.6. The number of benzene rings is 9. The minimum Gasteiger partial charge on any atom is -1.00 e. The van der Waals surface area contributed by atoms with Gasteiger partial charge in [-0.1, -0.05) is 100 Å². The van der Waals surface area contributed by atoms with Crippen molar-refractivity contribution in [2.75, 3.05) is 78.7 Å². The van der Waals surface area contributed by atoms with Gasteiger partial charge in [-0.05, 0) is 286 Å². The lowest BCUT2D eigenvalue weighted by Gasteiger charge is -2.35. The van der Waals surface area contributed by atoms with Crippen LogP contribution in [0.15, 0.2) is 200 Å². The van der Waals surface area contributed by atoms with E-state index in [0.717, 1.165) is 153 Å². The van der Waals surface area contributed by atoms with Crippen LogP contribution in [-0.4, -0.2) is 149 Å². The van der Waals surface area contributed by atoms with Gasteiger partial charge in [0.1, 0.15) is 149 Å². The Balaban J connectivity index is 0.000000138. The Labute approximate surface area is 789 Å². The van der Waals surface area contributed by atoms with Crippen molar-refractivity contribution in [2.45, 2.75) is 163 Å². The van der Waals surface area contributed by atoms with Gasteiger partial charge >= 0.3 is 0 Å². The van der Waals surface area contributed by atoms with Crippen molar-refractivity contribution in [2.24, 2.45) is 33.5 Å². The van der Waals surface area contributed by atoms with Crippen molar-refractivity contribution in [3.63, 3.8) is 0 Å². The average Bonchev–Trinajstić information content (AvgIpc) is 1.55. The summed E-state index contributed by atoms with van der Waals surface area (Å²) in [5.74, 6) is 5.76. The summed E-state index contributed by atoms with van der Waals surface area (Å²) in [6, 6.07) is 61.7. The smallest absolute Gasteiger partial charge is 0.219 e. The molecule has 133 heavy (non-hydrogen) atoms. The number of likely N-dealkylation sites (tertiary alicyclic amines) is 3. The molecular formula is C107H122ClN3O20S2. The van der Waals surface area contributed by atoms with E-state index in [1.807, 2.05) is 119 Å². The minimum absolute atomic E-state index is 0. The highest BCUT2D eigenvalue weighted by Crippen LogP contribution is 2.66. The van der Waals surface area contributed by atoms with E-state index in [1.54, 1.807) is 87.5 Å². The molecule has 704 valence electrons. The number of Topliss-reactive ketones (excluding diaryl/α,β-unsaturated/α-hetero) is 2. The van der Waals surface area contributed by atoms with Gasteiger partial charge in [-0.25, -0.2) is 0 Å². The van der Waals surface area contributed by atoms with Gasteiger partial charge in [0.05, 0.1) is 39.3 Å². The summed E-state index contributed by atoms with van der Waals surface area (Å²) in [6.07, 6.45) is 14.1. The number of piperidine rings is 3. The van der Waals surface area contributed by atoms with Crippen LogP contribution < -0.4 is 55.5 Å². The highest BCUT2D eigenvalue weighted by Gasteiger charge is 2.69. The number of fused-ring (bicyclic) bond motifs is 7. The number of nitrogens with one attached hydrogen (secondary N) is 3. The fourth-order valence-corrected chi connectivity index (χ4v) is 23.3. The zero-order valence-electron chi connectivity index (χ0n) is 76.6. The number of hydrogen-bond donors (Lipinski definition) is 9. The maximum atomic E-state index is 11.8. The number of rotatable bonds is 20. The number of ketones is 2. The fourth-order valence-electron chi connectivity index (χ4n) is 21.7. The molecule has 3 saturated heterocycles. The molecule has 0 radical (unpaired) electrons. The molecule has 23 nitrogen and oxygen atoms in total. The highest BCUT2D eigenvalue weighted by atomic mass is 35.5. The van der Waals surface area contributed by atoms with Crippen LogP contribution in [0.3, 0.4) is 0 Å². The molecule has 4 bridgehead atoms. The first-order valence-electron chi connectivity index (χ1n) is 46.5. The Morgan fingerprint density at radius 2 is 0.624 bits per heavy atom. The summed E-state index contributed by atoms with van der Waals surface area (Å²) < 4.78 is 80.6. The molecule has 19 rings (SSSR count). The molecule has 6 heterocycles. The van der Waals surface area contributed by atoms with E-state index in [-0.39, 0.29) is 88.6 Å². The van der Waals surface area contributed by atoms with Crippen molar-refractivity contribution in [3.8, 4) is 69.0 Å². The number of hydrogen-bond acceptors (Lipinski definition) is 20. The SMILES string of the molecule is CC1(C)C2CCC1(C(=O)S(=O)[O-])C(=O)C2.CC1(C)C2CCC1(C(=O)S(=O)[O-])C(=O)C2.CC1=C(c2ccc(O)cc2)C(c2ccc(OCC[NH+]3CCCCC3)cc2)Oc2cc(O)ccc21.CC1=C(c2ccc(O)cc2)[C@H](c2ccc(OCC[NH+]3CCCCC3)cc2)Oc2cc(O)ccc21.CC1=C(c2ccc(O)cc2)[C@H](c2ccc(OCC[NH+]3CCCCC3)cc2)Oc2cc(O)ccc21.[Cl-]. The first kappa shape index (κ1) is 97.9. The molecule has 0 amide bonds. The Morgan fingerprint density at radius 3 is 0.850 bits per heavy atom. The van der Waals surface area contributed by atoms with Crippen LogP contribution in [0.1, 0.15) is 213 Å². The van der Waals surface area contributed by atoms with Crippen molar-refractivity contribution in [3.05, 3.63) is 250 Å². The molecule has 6 aliphatic heterocycles. The van der Waals surface area contributed by atoms with Gasteiger partial charge in [0.2, 0.25) is 10.2 Å². The molecule has 10 aliphatic rings. The Hall–Kier alpha value is -11.1. The Kier molecular flexibility index (Phi) is 31.4. The third-order valence-corrected chi connectivity index (χ3v) is 30.9. The molecule has 4 aliphatic carbocycles. The number of carbonyl (C=O) groups excluding carboxylic acids is 4. The highest BCUT2D eigenvalue weighted by molar-refractivity contribution is 7.95. The first-order valence-corrected chi connectivity index (χ1v) is 48.6. The predicted molar refractivity (Wildman–Crippen MR) is 505 cm³/mol. The number of quaternary nitrogens is 3. The molecule has 9 aromatic carbocycles. The van der Waals surface area contributed by atoms with Crippen molar-refractivity contribution in [1.82, 2.24) is 0 Å². The van der Waals surface area contributed by atoms with Crippen LogP contribution in [0.25, 0.3) is 33.4 Å². The number of aromatic hydroxyl groups is 6. The van der Waals surface area contributed by atoms with Gasteiger partial charge in [-0.3, -0.25) is 27.6 Å². The van der Waals surface area contributed by atoms with Gasteiger partial charge in [-0.2, -0.15) is 0 Å². The zero-order valence-corrected chi connectivity index (χ0v) is 79.0. The van der Waals surface area contributed by atoms with Crippen LogP contribution in [0.4, 0.5) is 0 Å². The van der Waals surface area contributed by atoms with E-state index in [4.69, 9.17) is 28.4 Å². The lowest BCUT2D eigenvalue weighted by molar-refractivity contribution is -0.904. The van der Waals surface area contributed by atoms with Gasteiger partial charge in [-0.15, -0.1) is 0 Å². The summed E-state index contributed by atoms with van der Waals surface area (Å²) in [5.41, 5.74) is 11.7. The lowest BCUT2D eigenvalue weighted by atomic mass is 9.70. The van der Waals surface area contributed by atoms with Crippen molar-refractivity contribution < 1.29 is 123 Å². The van der Waals surface area contributed by atoms with Crippen molar-refractivity contribution >= 4 is 77.4 Å².